The van der Waals surface area contributed by atoms with Gasteiger partial charge in [0.25, 0.3) is 0 Å². The molecule has 1 aliphatic rings. The highest BCUT2D eigenvalue weighted by atomic mass is 35.5. The lowest BCUT2D eigenvalue weighted by Crippen LogP contribution is -2.34. The first kappa shape index (κ1) is 16.9. The van der Waals surface area contributed by atoms with Gasteiger partial charge in [-0.1, -0.05) is 29.8 Å². The van der Waals surface area contributed by atoms with E-state index in [1.165, 1.54) is 0 Å². The van der Waals surface area contributed by atoms with Crippen LogP contribution in [-0.2, 0) is 14.3 Å². The van der Waals surface area contributed by atoms with Gasteiger partial charge in [-0.2, -0.15) is 11.3 Å². The molecule has 0 aliphatic heterocycles. The molecule has 0 N–H and O–H groups in total. The number of hydrogen-bond donors (Lipinski definition) is 0. The normalized spacial score (nSPS) is 20.6. The van der Waals surface area contributed by atoms with E-state index in [-0.39, 0.29) is 18.3 Å². The highest BCUT2D eigenvalue weighted by Gasteiger charge is 2.40. The number of thiophene rings is 1. The van der Waals surface area contributed by atoms with Crippen molar-refractivity contribution in [3.8, 4) is 0 Å². The van der Waals surface area contributed by atoms with E-state index in [4.69, 9.17) is 16.3 Å². The SMILES string of the molecule is CCOC(=O)[C@@H]1C(=O)C=C(c2ccsc2)C[C@H]1c1ccccc1Cl. The second-order valence-corrected chi connectivity index (χ2v) is 6.83. The molecule has 124 valence electrons. The van der Waals surface area contributed by atoms with E-state index < -0.39 is 11.9 Å². The number of benzene rings is 1. The maximum absolute atomic E-state index is 12.7. The molecule has 24 heavy (non-hydrogen) atoms. The smallest absolute Gasteiger partial charge is 0.317 e. The van der Waals surface area contributed by atoms with Crippen molar-refractivity contribution in [2.45, 2.75) is 19.3 Å². The number of allylic oxidation sites excluding steroid dienone is 2. The van der Waals surface area contributed by atoms with Crippen LogP contribution in [0.1, 0.15) is 30.4 Å². The fraction of sp³-hybridized carbons (Fsp3) is 0.263. The van der Waals surface area contributed by atoms with Gasteiger partial charge >= 0.3 is 5.97 Å². The number of rotatable bonds is 4. The van der Waals surface area contributed by atoms with Crippen molar-refractivity contribution in [3.05, 3.63) is 63.3 Å². The summed E-state index contributed by atoms with van der Waals surface area (Å²) in [7, 11) is 0. The van der Waals surface area contributed by atoms with E-state index in [0.29, 0.717) is 11.4 Å². The zero-order valence-electron chi connectivity index (χ0n) is 13.2. The third-order valence-corrected chi connectivity index (χ3v) is 5.23. The second-order valence-electron chi connectivity index (χ2n) is 5.65. The monoisotopic (exact) mass is 360 g/mol. The van der Waals surface area contributed by atoms with Gasteiger partial charge in [0.05, 0.1) is 6.61 Å². The van der Waals surface area contributed by atoms with Crippen molar-refractivity contribution in [3.63, 3.8) is 0 Å². The van der Waals surface area contributed by atoms with Crippen molar-refractivity contribution in [2.24, 2.45) is 5.92 Å². The van der Waals surface area contributed by atoms with E-state index in [2.05, 4.69) is 0 Å². The Balaban J connectivity index is 2.04. The summed E-state index contributed by atoms with van der Waals surface area (Å²) < 4.78 is 5.14. The van der Waals surface area contributed by atoms with Crippen molar-refractivity contribution >= 4 is 40.3 Å². The van der Waals surface area contributed by atoms with E-state index in [1.807, 2.05) is 35.0 Å². The van der Waals surface area contributed by atoms with Gasteiger partial charge in [0.15, 0.2) is 5.78 Å². The average Bonchev–Trinajstić information content (AvgIpc) is 3.09. The summed E-state index contributed by atoms with van der Waals surface area (Å²) in [5.74, 6) is -1.85. The van der Waals surface area contributed by atoms with Gasteiger partial charge in [-0.3, -0.25) is 9.59 Å². The number of halogens is 1. The Kier molecular flexibility index (Phi) is 5.17. The minimum absolute atomic E-state index is 0.217. The molecule has 3 nitrogen and oxygen atoms in total. The Morgan fingerprint density at radius 2 is 2.12 bits per heavy atom. The molecule has 1 aromatic heterocycles. The first-order valence-corrected chi connectivity index (χ1v) is 9.12. The number of carbonyl (C=O) groups is 2. The number of ether oxygens (including phenoxy) is 1. The van der Waals surface area contributed by atoms with Gasteiger partial charge in [-0.05, 0) is 59.0 Å². The second kappa shape index (κ2) is 7.32. The maximum Gasteiger partial charge on any atom is 0.317 e. The van der Waals surface area contributed by atoms with Crippen LogP contribution in [0.4, 0.5) is 0 Å². The summed E-state index contributed by atoms with van der Waals surface area (Å²) in [6.45, 7) is 1.99. The topological polar surface area (TPSA) is 43.4 Å². The van der Waals surface area contributed by atoms with Crippen LogP contribution < -0.4 is 0 Å². The lowest BCUT2D eigenvalue weighted by atomic mass is 9.74. The first-order valence-electron chi connectivity index (χ1n) is 7.80. The summed E-state index contributed by atoms with van der Waals surface area (Å²) in [6.07, 6.45) is 2.16. The summed E-state index contributed by atoms with van der Waals surface area (Å²) >= 11 is 7.92. The fourth-order valence-corrected chi connectivity index (χ4v) is 4.06. The summed E-state index contributed by atoms with van der Waals surface area (Å²) in [6, 6.07) is 9.36. The van der Waals surface area contributed by atoms with Gasteiger partial charge in [0, 0.05) is 10.9 Å². The lowest BCUT2D eigenvalue weighted by molar-refractivity contribution is -0.151. The van der Waals surface area contributed by atoms with Gasteiger partial charge in [0.1, 0.15) is 5.92 Å². The summed E-state index contributed by atoms with van der Waals surface area (Å²) in [5, 5.41) is 4.55. The molecule has 0 saturated heterocycles. The molecule has 0 unspecified atom stereocenters. The predicted octanol–water partition coefficient (Wildman–Crippen LogP) is 4.72. The van der Waals surface area contributed by atoms with E-state index >= 15 is 0 Å². The highest BCUT2D eigenvalue weighted by molar-refractivity contribution is 7.08. The minimum atomic E-state index is -0.841. The molecular weight excluding hydrogens is 344 g/mol. The van der Waals surface area contributed by atoms with Gasteiger partial charge in [0.2, 0.25) is 0 Å². The zero-order chi connectivity index (χ0) is 17.1. The van der Waals surface area contributed by atoms with Crippen LogP contribution in [0.3, 0.4) is 0 Å². The molecule has 1 heterocycles. The molecule has 3 rings (SSSR count). The minimum Gasteiger partial charge on any atom is -0.465 e. The van der Waals surface area contributed by atoms with E-state index in [9.17, 15) is 9.59 Å². The van der Waals surface area contributed by atoms with Crippen LogP contribution in [0, 0.1) is 5.92 Å². The molecule has 0 fully saturated rings. The van der Waals surface area contributed by atoms with Crippen molar-refractivity contribution in [1.82, 2.24) is 0 Å². The molecule has 0 amide bonds. The largest absolute Gasteiger partial charge is 0.465 e. The van der Waals surface area contributed by atoms with Crippen molar-refractivity contribution in [2.75, 3.05) is 6.61 Å². The van der Waals surface area contributed by atoms with Crippen LogP contribution in [0.25, 0.3) is 5.57 Å². The number of ketones is 1. The number of hydrogen-bond acceptors (Lipinski definition) is 4. The lowest BCUT2D eigenvalue weighted by Gasteiger charge is -2.29. The Morgan fingerprint density at radius 1 is 1.33 bits per heavy atom. The molecule has 1 aromatic carbocycles. The molecule has 0 radical (unpaired) electrons. The Morgan fingerprint density at radius 3 is 2.79 bits per heavy atom. The van der Waals surface area contributed by atoms with Crippen LogP contribution in [-0.4, -0.2) is 18.4 Å². The molecule has 2 atom stereocenters. The quantitative estimate of drug-likeness (QED) is 0.585. The third kappa shape index (κ3) is 3.30. The van der Waals surface area contributed by atoms with Gasteiger partial charge in [-0.25, -0.2) is 0 Å². The van der Waals surface area contributed by atoms with Gasteiger partial charge < -0.3 is 4.74 Å². The van der Waals surface area contributed by atoms with Gasteiger partial charge in [-0.15, -0.1) is 0 Å². The van der Waals surface area contributed by atoms with Crippen LogP contribution in [0.2, 0.25) is 5.02 Å². The van der Waals surface area contributed by atoms with Crippen molar-refractivity contribution in [1.29, 1.82) is 0 Å². The first-order chi connectivity index (χ1) is 11.6. The molecular formula is C19H17ClO3S. The highest BCUT2D eigenvalue weighted by Crippen LogP contribution is 2.42. The fourth-order valence-electron chi connectivity index (χ4n) is 3.10. The maximum atomic E-state index is 12.7. The third-order valence-electron chi connectivity index (χ3n) is 4.20. The van der Waals surface area contributed by atoms with Crippen molar-refractivity contribution < 1.29 is 14.3 Å². The molecule has 1 aliphatic carbocycles. The van der Waals surface area contributed by atoms with Crippen LogP contribution in [0.5, 0.6) is 0 Å². The van der Waals surface area contributed by atoms with Crippen LogP contribution in [0.15, 0.2) is 47.2 Å². The average molecular weight is 361 g/mol. The predicted molar refractivity (Wildman–Crippen MR) is 96.2 cm³/mol. The Bertz CT molecular complexity index is 780. The number of carbonyl (C=O) groups excluding carboxylic acids is 2. The molecule has 2 aromatic rings. The Labute approximate surface area is 149 Å². The standard InChI is InChI=1S/C19H17ClO3S/c1-2-23-19(22)18-15(14-5-3-4-6-16(14)20)9-13(10-17(18)21)12-7-8-24-11-12/h3-8,10-11,15,18H,2,9H2,1H3/t15-,18-/m0/s1. The van der Waals surface area contributed by atoms with Crippen LogP contribution >= 0.6 is 22.9 Å². The molecule has 5 heteroatoms. The molecule has 0 spiro atoms. The van der Waals surface area contributed by atoms with E-state index in [0.717, 1.165) is 16.7 Å². The summed E-state index contributed by atoms with van der Waals surface area (Å²) in [4.78, 5) is 25.1. The number of esters is 1. The summed E-state index contributed by atoms with van der Waals surface area (Å²) in [5.41, 5.74) is 2.77. The Hall–Kier alpha value is -1.91. The molecule has 0 bridgehead atoms. The molecule has 0 saturated carbocycles. The zero-order valence-corrected chi connectivity index (χ0v) is 14.8. The van der Waals surface area contributed by atoms with E-state index in [1.54, 1.807) is 30.4 Å².